The van der Waals surface area contributed by atoms with Crippen LogP contribution in [0.25, 0.3) is 0 Å². The summed E-state index contributed by atoms with van der Waals surface area (Å²) in [5.41, 5.74) is 0.475. The highest BCUT2D eigenvalue weighted by Gasteiger charge is 2.32. The molecule has 1 N–H and O–H groups in total. The second-order valence-corrected chi connectivity index (χ2v) is 6.52. The number of hydrogen-bond acceptors (Lipinski definition) is 5. The van der Waals surface area contributed by atoms with E-state index >= 15 is 0 Å². The Hall–Kier alpha value is -1.01. The minimum atomic E-state index is -0.572. The summed E-state index contributed by atoms with van der Waals surface area (Å²) < 4.78 is 6.81. The van der Waals surface area contributed by atoms with Gasteiger partial charge in [-0.3, -0.25) is 9.48 Å². The number of nitrogens with zero attached hydrogens (tertiary/aromatic N) is 2. The Kier molecular flexibility index (Phi) is 7.25. The van der Waals surface area contributed by atoms with Crippen LogP contribution in [0.15, 0.2) is 11.1 Å². The van der Waals surface area contributed by atoms with E-state index in [9.17, 15) is 4.79 Å². The second-order valence-electron chi connectivity index (χ2n) is 5.41. The molecule has 1 rings (SSSR count). The number of hydrogen-bond donors (Lipinski definition) is 1. The number of rotatable bonds is 9. The van der Waals surface area contributed by atoms with Crippen molar-refractivity contribution in [2.75, 3.05) is 19.4 Å². The van der Waals surface area contributed by atoms with Crippen LogP contribution >= 0.6 is 11.8 Å². The van der Waals surface area contributed by atoms with Crippen LogP contribution in [0.4, 0.5) is 0 Å². The van der Waals surface area contributed by atoms with Crippen molar-refractivity contribution in [3.8, 4) is 0 Å². The third-order valence-electron chi connectivity index (χ3n) is 3.48. The van der Waals surface area contributed by atoms with Crippen molar-refractivity contribution in [2.24, 2.45) is 7.05 Å². The Morgan fingerprint density at radius 1 is 1.52 bits per heavy atom. The fourth-order valence-electron chi connectivity index (χ4n) is 2.36. The van der Waals surface area contributed by atoms with Gasteiger partial charge in [0.25, 0.3) is 0 Å². The largest absolute Gasteiger partial charge is 0.468 e. The molecule has 0 aliphatic rings. The van der Waals surface area contributed by atoms with E-state index in [1.807, 2.05) is 44.3 Å². The first-order valence-electron chi connectivity index (χ1n) is 7.40. The molecule has 0 bridgehead atoms. The summed E-state index contributed by atoms with van der Waals surface area (Å²) in [6, 6.07) is 2.10. The Balaban J connectivity index is 2.35. The Bertz CT molecular complexity index is 462. The van der Waals surface area contributed by atoms with E-state index in [1.54, 1.807) is 0 Å². The van der Waals surface area contributed by atoms with Gasteiger partial charge in [-0.1, -0.05) is 13.3 Å². The molecule has 0 aliphatic heterocycles. The van der Waals surface area contributed by atoms with E-state index in [2.05, 4.69) is 16.5 Å². The average Bonchev–Trinajstić information content (AvgIpc) is 2.76. The molecule has 1 aromatic heterocycles. The van der Waals surface area contributed by atoms with Crippen molar-refractivity contribution >= 4 is 17.7 Å². The van der Waals surface area contributed by atoms with E-state index in [4.69, 9.17) is 4.74 Å². The maximum absolute atomic E-state index is 11.9. The predicted octanol–water partition coefficient (Wildman–Crippen LogP) is 2.53. The van der Waals surface area contributed by atoms with Gasteiger partial charge in [0.05, 0.1) is 17.8 Å². The van der Waals surface area contributed by atoms with Gasteiger partial charge in [-0.05, 0) is 45.1 Å². The maximum Gasteiger partial charge on any atom is 0.325 e. The summed E-state index contributed by atoms with van der Waals surface area (Å²) in [5.74, 6) is 0.849. The van der Waals surface area contributed by atoms with Gasteiger partial charge in [-0.2, -0.15) is 5.10 Å². The van der Waals surface area contributed by atoms with Gasteiger partial charge in [-0.15, -0.1) is 11.8 Å². The molecule has 0 saturated carbocycles. The van der Waals surface area contributed by atoms with Gasteiger partial charge in [0.1, 0.15) is 5.54 Å². The number of likely N-dealkylation sites (N-methyl/N-ethyl adjacent to an activating group) is 1. The summed E-state index contributed by atoms with van der Waals surface area (Å²) in [5, 5.41) is 8.76. The molecule has 0 amide bonds. The molecule has 6 heteroatoms. The number of aryl methyl sites for hydroxylation is 2. The molecule has 0 spiro atoms. The third-order valence-corrected chi connectivity index (χ3v) is 4.65. The molecule has 0 aromatic carbocycles. The number of methoxy groups -OCH3 is 1. The quantitative estimate of drug-likeness (QED) is 0.431. The van der Waals surface area contributed by atoms with Crippen LogP contribution in [-0.2, 0) is 16.6 Å². The van der Waals surface area contributed by atoms with Crippen molar-refractivity contribution < 1.29 is 9.53 Å². The topological polar surface area (TPSA) is 56.2 Å². The van der Waals surface area contributed by atoms with Crippen LogP contribution in [0, 0.1) is 6.92 Å². The molecule has 120 valence electrons. The summed E-state index contributed by atoms with van der Waals surface area (Å²) in [6.45, 7) is 6.68. The number of esters is 1. The van der Waals surface area contributed by atoms with Gasteiger partial charge >= 0.3 is 5.97 Å². The lowest BCUT2D eigenvalue weighted by Crippen LogP contribution is -2.50. The summed E-state index contributed by atoms with van der Waals surface area (Å²) >= 11 is 1.81. The van der Waals surface area contributed by atoms with Crippen LogP contribution in [0.1, 0.15) is 38.8 Å². The zero-order valence-electron chi connectivity index (χ0n) is 13.7. The fourth-order valence-corrected chi connectivity index (χ4v) is 3.40. The third kappa shape index (κ3) is 5.36. The van der Waals surface area contributed by atoms with E-state index < -0.39 is 5.54 Å². The molecule has 0 saturated heterocycles. The zero-order valence-corrected chi connectivity index (χ0v) is 14.5. The standard InChI is InChI=1S/C15H27N3O2S/c1-6-16-15(3,14(19)20-5)9-7-8-10-21-13-11-12(2)17-18(13)4/h11,16H,6-10H2,1-5H3. The van der Waals surface area contributed by atoms with Crippen LogP contribution in [0.2, 0.25) is 0 Å². The maximum atomic E-state index is 11.9. The second kappa shape index (κ2) is 8.44. The molecule has 1 aromatic rings. The van der Waals surface area contributed by atoms with Crippen molar-refractivity contribution in [3.05, 3.63) is 11.8 Å². The molecular formula is C15H27N3O2S. The lowest BCUT2D eigenvalue weighted by molar-refractivity contribution is -0.148. The van der Waals surface area contributed by atoms with Crippen LogP contribution in [0.5, 0.6) is 0 Å². The molecule has 1 atom stereocenters. The molecule has 1 unspecified atom stereocenters. The van der Waals surface area contributed by atoms with Crippen molar-refractivity contribution in [1.29, 1.82) is 0 Å². The molecule has 0 aliphatic carbocycles. The average molecular weight is 313 g/mol. The highest BCUT2D eigenvalue weighted by molar-refractivity contribution is 7.99. The van der Waals surface area contributed by atoms with Crippen LogP contribution < -0.4 is 5.32 Å². The first-order valence-corrected chi connectivity index (χ1v) is 8.38. The van der Waals surface area contributed by atoms with E-state index in [0.717, 1.165) is 37.3 Å². The summed E-state index contributed by atoms with van der Waals surface area (Å²) in [7, 11) is 3.41. The Labute approximate surface area is 131 Å². The van der Waals surface area contributed by atoms with E-state index in [1.165, 1.54) is 12.1 Å². The predicted molar refractivity (Wildman–Crippen MR) is 86.6 cm³/mol. The minimum Gasteiger partial charge on any atom is -0.468 e. The number of carbonyl (C=O) groups is 1. The Morgan fingerprint density at radius 2 is 2.24 bits per heavy atom. The molecule has 21 heavy (non-hydrogen) atoms. The molecule has 0 fully saturated rings. The fraction of sp³-hybridized carbons (Fsp3) is 0.733. The SMILES string of the molecule is CCNC(C)(CCCCSc1cc(C)nn1C)C(=O)OC. The van der Waals surface area contributed by atoms with E-state index in [-0.39, 0.29) is 5.97 Å². The zero-order chi connectivity index (χ0) is 15.9. The van der Waals surface area contributed by atoms with Gasteiger partial charge < -0.3 is 10.1 Å². The molecule has 5 nitrogen and oxygen atoms in total. The number of nitrogens with one attached hydrogen (secondary N) is 1. The molecular weight excluding hydrogens is 286 g/mol. The first-order chi connectivity index (χ1) is 9.92. The van der Waals surface area contributed by atoms with Gasteiger partial charge in [0.15, 0.2) is 0 Å². The van der Waals surface area contributed by atoms with Gasteiger partial charge in [0.2, 0.25) is 0 Å². The van der Waals surface area contributed by atoms with Gasteiger partial charge in [0, 0.05) is 7.05 Å². The van der Waals surface area contributed by atoms with Crippen molar-refractivity contribution in [2.45, 2.75) is 50.6 Å². The summed E-state index contributed by atoms with van der Waals surface area (Å²) in [4.78, 5) is 11.9. The van der Waals surface area contributed by atoms with E-state index in [0.29, 0.717) is 0 Å². The lowest BCUT2D eigenvalue weighted by Gasteiger charge is -2.27. The highest BCUT2D eigenvalue weighted by atomic mass is 32.2. The number of unbranched alkanes of at least 4 members (excludes halogenated alkanes) is 1. The van der Waals surface area contributed by atoms with Crippen LogP contribution in [-0.4, -0.2) is 40.7 Å². The number of ether oxygens (including phenoxy) is 1. The first kappa shape index (κ1) is 18.0. The number of thioether (sulfide) groups is 1. The number of aromatic nitrogens is 2. The lowest BCUT2D eigenvalue weighted by atomic mass is 9.95. The highest BCUT2D eigenvalue weighted by Crippen LogP contribution is 2.22. The summed E-state index contributed by atoms with van der Waals surface area (Å²) in [6.07, 6.45) is 2.84. The molecule has 1 heterocycles. The smallest absolute Gasteiger partial charge is 0.325 e. The number of carbonyl (C=O) groups excluding carboxylic acids is 1. The van der Waals surface area contributed by atoms with Gasteiger partial charge in [-0.25, -0.2) is 0 Å². The van der Waals surface area contributed by atoms with Crippen LogP contribution in [0.3, 0.4) is 0 Å². The van der Waals surface area contributed by atoms with Crippen molar-refractivity contribution in [3.63, 3.8) is 0 Å². The Morgan fingerprint density at radius 3 is 2.76 bits per heavy atom. The normalized spacial score (nSPS) is 14.0. The monoisotopic (exact) mass is 313 g/mol. The van der Waals surface area contributed by atoms with Crippen molar-refractivity contribution in [1.82, 2.24) is 15.1 Å². The molecule has 0 radical (unpaired) electrons. The minimum absolute atomic E-state index is 0.181.